The molecule has 1 aliphatic rings. The molecule has 0 saturated carbocycles. The minimum atomic E-state index is 0.368. The van der Waals surface area contributed by atoms with Crippen molar-refractivity contribution in [3.63, 3.8) is 0 Å². The van der Waals surface area contributed by atoms with Crippen molar-refractivity contribution in [1.82, 2.24) is 0 Å². The number of ether oxygens (including phenoxy) is 1. The molecule has 1 atom stereocenters. The van der Waals surface area contributed by atoms with E-state index in [1.807, 2.05) is 0 Å². The van der Waals surface area contributed by atoms with Crippen molar-refractivity contribution >= 4 is 16.5 Å². The normalized spacial score (nSPS) is 18.6. The van der Waals surface area contributed by atoms with Crippen LogP contribution < -0.4 is 10.6 Å². The van der Waals surface area contributed by atoms with Crippen LogP contribution >= 0.6 is 0 Å². The second-order valence-corrected chi connectivity index (χ2v) is 5.51. The lowest BCUT2D eigenvalue weighted by Crippen LogP contribution is -2.28. The summed E-state index contributed by atoms with van der Waals surface area (Å²) in [6.45, 7) is 2.44. The Morgan fingerprint density at radius 2 is 2.00 bits per heavy atom. The third-order valence-corrected chi connectivity index (χ3v) is 4.12. The summed E-state index contributed by atoms with van der Waals surface area (Å²) in [4.78, 5) is 2.30. The Labute approximate surface area is 120 Å². The van der Waals surface area contributed by atoms with E-state index in [0.29, 0.717) is 12.6 Å². The summed E-state index contributed by atoms with van der Waals surface area (Å²) in [6.07, 6.45) is 2.72. The molecule has 0 amide bonds. The van der Waals surface area contributed by atoms with Gasteiger partial charge in [0.05, 0.1) is 6.10 Å². The monoisotopic (exact) mass is 270 g/mol. The Balaban J connectivity index is 1.94. The van der Waals surface area contributed by atoms with Gasteiger partial charge in [0.25, 0.3) is 0 Å². The first kappa shape index (κ1) is 13.4. The van der Waals surface area contributed by atoms with Gasteiger partial charge in [0, 0.05) is 37.8 Å². The van der Waals surface area contributed by atoms with Crippen molar-refractivity contribution < 1.29 is 4.74 Å². The van der Waals surface area contributed by atoms with E-state index in [2.05, 4.69) is 48.3 Å². The van der Waals surface area contributed by atoms with Gasteiger partial charge in [0.2, 0.25) is 0 Å². The van der Waals surface area contributed by atoms with Gasteiger partial charge in [0.15, 0.2) is 0 Å². The maximum absolute atomic E-state index is 5.84. The first-order valence-corrected chi connectivity index (χ1v) is 7.33. The van der Waals surface area contributed by atoms with E-state index < -0.39 is 0 Å². The largest absolute Gasteiger partial charge is 0.376 e. The molecule has 0 radical (unpaired) electrons. The molecular formula is C17H22N2O. The molecule has 1 saturated heterocycles. The molecule has 2 aromatic carbocycles. The molecule has 0 spiro atoms. The Hall–Kier alpha value is -1.58. The molecule has 3 nitrogen and oxygen atoms in total. The molecule has 106 valence electrons. The maximum Gasteiger partial charge on any atom is 0.0750 e. The smallest absolute Gasteiger partial charge is 0.0750 e. The molecule has 1 heterocycles. The van der Waals surface area contributed by atoms with Gasteiger partial charge in [-0.3, -0.25) is 0 Å². The first-order chi connectivity index (χ1) is 9.79. The van der Waals surface area contributed by atoms with Crippen LogP contribution in [0, 0.1) is 0 Å². The van der Waals surface area contributed by atoms with Gasteiger partial charge in [-0.1, -0.05) is 30.3 Å². The summed E-state index contributed by atoms with van der Waals surface area (Å²) in [6, 6.07) is 12.8. The molecule has 1 unspecified atom stereocenters. The van der Waals surface area contributed by atoms with E-state index in [1.54, 1.807) is 0 Å². The Kier molecular flexibility index (Phi) is 3.90. The number of hydrogen-bond donors (Lipinski definition) is 1. The summed E-state index contributed by atoms with van der Waals surface area (Å²) < 4.78 is 5.74. The molecule has 3 rings (SSSR count). The van der Waals surface area contributed by atoms with Crippen LogP contribution in [-0.2, 0) is 11.3 Å². The lowest BCUT2D eigenvalue weighted by molar-refractivity contribution is 0.116. The highest BCUT2D eigenvalue weighted by molar-refractivity contribution is 5.96. The van der Waals surface area contributed by atoms with Crippen LogP contribution in [0.1, 0.15) is 18.4 Å². The highest BCUT2D eigenvalue weighted by Gasteiger charge is 2.18. The third-order valence-electron chi connectivity index (χ3n) is 4.12. The van der Waals surface area contributed by atoms with Crippen LogP contribution in [0.3, 0.4) is 0 Å². The summed E-state index contributed by atoms with van der Waals surface area (Å²) in [5.74, 6) is 0. The standard InChI is InChI=1S/C17H22N2O/c1-19(12-14-5-4-10-20-14)17-9-8-13(11-18)15-6-2-3-7-16(15)17/h2-3,6-9,14H,4-5,10-12,18H2,1H3. The minimum Gasteiger partial charge on any atom is -0.376 e. The fourth-order valence-electron chi connectivity index (χ4n) is 3.05. The molecule has 1 fully saturated rings. The second kappa shape index (κ2) is 5.81. The number of nitrogens with two attached hydrogens (primary N) is 1. The third kappa shape index (κ3) is 2.51. The minimum absolute atomic E-state index is 0.368. The van der Waals surface area contributed by atoms with Crippen LogP contribution in [0.2, 0.25) is 0 Å². The highest BCUT2D eigenvalue weighted by atomic mass is 16.5. The van der Waals surface area contributed by atoms with E-state index in [0.717, 1.165) is 13.2 Å². The van der Waals surface area contributed by atoms with Crippen molar-refractivity contribution in [1.29, 1.82) is 0 Å². The lowest BCUT2D eigenvalue weighted by atomic mass is 10.0. The fourth-order valence-corrected chi connectivity index (χ4v) is 3.05. The van der Waals surface area contributed by atoms with Gasteiger partial charge < -0.3 is 15.4 Å². The molecule has 2 N–H and O–H groups in total. The number of anilines is 1. The quantitative estimate of drug-likeness (QED) is 0.928. The average molecular weight is 270 g/mol. The molecule has 3 heteroatoms. The van der Waals surface area contributed by atoms with E-state index >= 15 is 0 Å². The molecule has 0 bridgehead atoms. The van der Waals surface area contributed by atoms with Crippen LogP contribution in [0.25, 0.3) is 10.8 Å². The highest BCUT2D eigenvalue weighted by Crippen LogP contribution is 2.29. The number of benzene rings is 2. The van der Waals surface area contributed by atoms with Crippen molar-refractivity contribution in [3.8, 4) is 0 Å². The van der Waals surface area contributed by atoms with E-state index in [1.165, 1.54) is 34.9 Å². The predicted molar refractivity (Wildman–Crippen MR) is 84.1 cm³/mol. The SMILES string of the molecule is CN(CC1CCCO1)c1ccc(CN)c2ccccc12. The maximum atomic E-state index is 5.84. The van der Waals surface area contributed by atoms with Gasteiger partial charge in [-0.05, 0) is 29.9 Å². The van der Waals surface area contributed by atoms with Gasteiger partial charge >= 0.3 is 0 Å². The lowest BCUT2D eigenvalue weighted by Gasteiger charge is -2.25. The van der Waals surface area contributed by atoms with E-state index in [4.69, 9.17) is 10.5 Å². The topological polar surface area (TPSA) is 38.5 Å². The van der Waals surface area contributed by atoms with Crippen molar-refractivity contribution in [2.45, 2.75) is 25.5 Å². The molecule has 0 aliphatic carbocycles. The Morgan fingerprint density at radius 1 is 1.20 bits per heavy atom. The van der Waals surface area contributed by atoms with Crippen LogP contribution in [0.4, 0.5) is 5.69 Å². The first-order valence-electron chi connectivity index (χ1n) is 7.33. The summed E-state index contributed by atoms with van der Waals surface area (Å²) >= 11 is 0. The number of rotatable bonds is 4. The number of hydrogen-bond acceptors (Lipinski definition) is 3. The molecule has 0 aromatic heterocycles. The summed E-state index contributed by atoms with van der Waals surface area (Å²) in [7, 11) is 2.14. The Bertz CT molecular complexity index is 591. The van der Waals surface area contributed by atoms with E-state index in [9.17, 15) is 0 Å². The summed E-state index contributed by atoms with van der Waals surface area (Å²) in [5.41, 5.74) is 8.30. The fraction of sp³-hybridized carbons (Fsp3) is 0.412. The van der Waals surface area contributed by atoms with Crippen molar-refractivity contribution in [3.05, 3.63) is 42.0 Å². The Morgan fingerprint density at radius 3 is 2.70 bits per heavy atom. The molecule has 2 aromatic rings. The zero-order valence-electron chi connectivity index (χ0n) is 12.0. The molecule has 20 heavy (non-hydrogen) atoms. The van der Waals surface area contributed by atoms with Gasteiger partial charge in [-0.2, -0.15) is 0 Å². The molecular weight excluding hydrogens is 248 g/mol. The second-order valence-electron chi connectivity index (χ2n) is 5.51. The van der Waals surface area contributed by atoms with Gasteiger partial charge in [0.1, 0.15) is 0 Å². The number of fused-ring (bicyclic) bond motifs is 1. The number of likely N-dealkylation sites (N-methyl/N-ethyl adjacent to an activating group) is 1. The van der Waals surface area contributed by atoms with Gasteiger partial charge in [-0.25, -0.2) is 0 Å². The van der Waals surface area contributed by atoms with Crippen molar-refractivity contribution in [2.24, 2.45) is 5.73 Å². The van der Waals surface area contributed by atoms with Gasteiger partial charge in [-0.15, -0.1) is 0 Å². The van der Waals surface area contributed by atoms with E-state index in [-0.39, 0.29) is 0 Å². The van der Waals surface area contributed by atoms with Crippen LogP contribution in [-0.4, -0.2) is 26.3 Å². The van der Waals surface area contributed by atoms with Crippen molar-refractivity contribution in [2.75, 3.05) is 25.1 Å². The zero-order chi connectivity index (χ0) is 13.9. The predicted octanol–water partition coefficient (Wildman–Crippen LogP) is 2.91. The molecule has 1 aliphatic heterocycles. The van der Waals surface area contributed by atoms with Crippen LogP contribution in [0.5, 0.6) is 0 Å². The average Bonchev–Trinajstić information content (AvgIpc) is 2.99. The summed E-state index contributed by atoms with van der Waals surface area (Å²) in [5, 5.41) is 2.53. The number of nitrogens with zero attached hydrogens (tertiary/aromatic N) is 1. The zero-order valence-corrected chi connectivity index (χ0v) is 12.0. The van der Waals surface area contributed by atoms with Crippen LogP contribution in [0.15, 0.2) is 36.4 Å².